The molecule has 1 unspecified atom stereocenters. The third-order valence-corrected chi connectivity index (χ3v) is 7.37. The first kappa shape index (κ1) is 21.6. The molecule has 2 heteroatoms. The highest BCUT2D eigenvalue weighted by Crippen LogP contribution is 2.34. The highest BCUT2D eigenvalue weighted by atomic mass is 15.3. The lowest BCUT2D eigenvalue weighted by atomic mass is 9.87. The van der Waals surface area contributed by atoms with Gasteiger partial charge in [-0.15, -0.1) is 0 Å². The van der Waals surface area contributed by atoms with E-state index in [1.165, 1.54) is 72.3 Å². The van der Waals surface area contributed by atoms with Crippen LogP contribution in [0.2, 0.25) is 0 Å². The highest BCUT2D eigenvalue weighted by molar-refractivity contribution is 5.88. The maximum Gasteiger partial charge on any atom is 0.259 e. The van der Waals surface area contributed by atoms with Crippen molar-refractivity contribution in [3.8, 4) is 0 Å². The third kappa shape index (κ3) is 4.54. The van der Waals surface area contributed by atoms with Gasteiger partial charge in [-0.2, -0.15) is 0 Å². The molecule has 0 spiro atoms. The van der Waals surface area contributed by atoms with E-state index in [2.05, 4.69) is 97.8 Å². The number of benzene rings is 2. The smallest absolute Gasteiger partial charge is 0.259 e. The van der Waals surface area contributed by atoms with Gasteiger partial charge < -0.3 is 0 Å². The molecular formula is C29H37N2+. The second-order valence-corrected chi connectivity index (χ2v) is 9.15. The van der Waals surface area contributed by atoms with E-state index in [0.29, 0.717) is 5.92 Å². The Balaban J connectivity index is 1.79. The molecule has 0 N–H and O–H groups in total. The SMILES string of the molecule is C/C(=C(\C)C1CCCC[N+]2=C1N(/C(C)=C(\C)c1ccccc1)CCC2)c1ccccc1. The summed E-state index contributed by atoms with van der Waals surface area (Å²) in [7, 11) is 0. The molecule has 2 heterocycles. The Hall–Kier alpha value is -2.61. The van der Waals surface area contributed by atoms with Crippen LogP contribution < -0.4 is 0 Å². The standard InChI is InChI=1S/C29H37N2/c1-22(26-14-7-5-8-15-26)23(2)28-18-11-12-19-30-20-13-21-31(29(28)30)25(4)24(3)27-16-9-6-10-17-27/h5-10,14-17,28H,11-13,18-21H2,1-4H3/q+1/b23-22-,25-24+. The molecule has 0 saturated carbocycles. The van der Waals surface area contributed by atoms with Gasteiger partial charge in [0.1, 0.15) is 5.70 Å². The normalized spacial score (nSPS) is 21.2. The average Bonchev–Trinajstić information content (AvgIpc) is 3.06. The molecule has 1 atom stereocenters. The van der Waals surface area contributed by atoms with E-state index >= 15 is 0 Å². The zero-order chi connectivity index (χ0) is 21.8. The quantitative estimate of drug-likeness (QED) is 0.497. The first-order chi connectivity index (χ1) is 15.1. The summed E-state index contributed by atoms with van der Waals surface area (Å²) in [6.45, 7) is 12.8. The second-order valence-electron chi connectivity index (χ2n) is 9.15. The van der Waals surface area contributed by atoms with E-state index < -0.39 is 0 Å². The fourth-order valence-electron chi connectivity index (χ4n) is 5.26. The van der Waals surface area contributed by atoms with Gasteiger partial charge in [0.15, 0.2) is 0 Å². The van der Waals surface area contributed by atoms with Gasteiger partial charge in [-0.25, -0.2) is 4.90 Å². The van der Waals surface area contributed by atoms with Crippen molar-refractivity contribution in [2.45, 2.75) is 53.4 Å². The van der Waals surface area contributed by atoms with Crippen molar-refractivity contribution in [1.29, 1.82) is 0 Å². The summed E-state index contributed by atoms with van der Waals surface area (Å²) in [6, 6.07) is 21.8. The molecule has 0 saturated heterocycles. The van der Waals surface area contributed by atoms with Crippen molar-refractivity contribution >= 4 is 17.0 Å². The van der Waals surface area contributed by atoms with E-state index in [1.54, 1.807) is 5.84 Å². The van der Waals surface area contributed by atoms with Crippen molar-refractivity contribution in [2.24, 2.45) is 5.92 Å². The van der Waals surface area contributed by atoms with Crippen LogP contribution in [0.15, 0.2) is 71.9 Å². The van der Waals surface area contributed by atoms with Gasteiger partial charge in [-0.3, -0.25) is 4.58 Å². The summed E-state index contributed by atoms with van der Waals surface area (Å²) in [6.07, 6.45) is 5.08. The Bertz CT molecular complexity index is 996. The summed E-state index contributed by atoms with van der Waals surface area (Å²) < 4.78 is 2.70. The molecule has 0 aromatic heterocycles. The lowest BCUT2D eigenvalue weighted by molar-refractivity contribution is -0.539. The van der Waals surface area contributed by atoms with Crippen molar-refractivity contribution in [1.82, 2.24) is 4.90 Å². The number of allylic oxidation sites excluding steroid dienone is 3. The van der Waals surface area contributed by atoms with E-state index in [-0.39, 0.29) is 0 Å². The molecule has 4 rings (SSSR count). The summed E-state index contributed by atoms with van der Waals surface area (Å²) in [5.41, 5.74) is 8.45. The lowest BCUT2D eigenvalue weighted by Gasteiger charge is -2.32. The average molecular weight is 414 g/mol. The fourth-order valence-corrected chi connectivity index (χ4v) is 5.26. The molecule has 162 valence electrons. The summed E-state index contributed by atoms with van der Waals surface area (Å²) in [4.78, 5) is 2.66. The number of rotatable bonds is 4. The summed E-state index contributed by atoms with van der Waals surface area (Å²) >= 11 is 0. The summed E-state index contributed by atoms with van der Waals surface area (Å²) in [5, 5.41) is 0. The first-order valence-corrected chi connectivity index (χ1v) is 11.9. The number of hydrogen-bond donors (Lipinski definition) is 0. The zero-order valence-electron chi connectivity index (χ0n) is 19.7. The van der Waals surface area contributed by atoms with Crippen LogP contribution in [0.25, 0.3) is 11.1 Å². The topological polar surface area (TPSA) is 6.25 Å². The van der Waals surface area contributed by atoms with E-state index in [4.69, 9.17) is 0 Å². The van der Waals surface area contributed by atoms with Crippen molar-refractivity contribution < 1.29 is 4.58 Å². The largest absolute Gasteiger partial charge is 0.265 e. The molecule has 0 radical (unpaired) electrons. The predicted octanol–water partition coefficient (Wildman–Crippen LogP) is 6.85. The molecule has 0 bridgehead atoms. The molecule has 31 heavy (non-hydrogen) atoms. The highest BCUT2D eigenvalue weighted by Gasteiger charge is 2.38. The van der Waals surface area contributed by atoms with Gasteiger partial charge in [-0.1, -0.05) is 66.2 Å². The van der Waals surface area contributed by atoms with E-state index in [0.717, 1.165) is 6.54 Å². The van der Waals surface area contributed by atoms with Crippen LogP contribution in [0.4, 0.5) is 0 Å². The minimum absolute atomic E-state index is 0.488. The molecule has 2 aliphatic heterocycles. The van der Waals surface area contributed by atoms with Gasteiger partial charge in [0.25, 0.3) is 5.84 Å². The van der Waals surface area contributed by atoms with Crippen LogP contribution in [-0.4, -0.2) is 34.9 Å². The monoisotopic (exact) mass is 413 g/mol. The number of amidine groups is 1. The Labute approximate surface area is 188 Å². The molecule has 0 fully saturated rings. The predicted molar refractivity (Wildman–Crippen MR) is 133 cm³/mol. The molecule has 2 aromatic carbocycles. The fraction of sp³-hybridized carbons (Fsp3) is 0.414. The molecule has 2 aromatic rings. The second kappa shape index (κ2) is 9.68. The van der Waals surface area contributed by atoms with Crippen LogP contribution in [0.5, 0.6) is 0 Å². The minimum atomic E-state index is 0.488. The van der Waals surface area contributed by atoms with Gasteiger partial charge in [-0.05, 0) is 69.2 Å². The first-order valence-electron chi connectivity index (χ1n) is 11.9. The molecule has 2 aliphatic rings. The van der Waals surface area contributed by atoms with Gasteiger partial charge in [0.2, 0.25) is 0 Å². The Morgan fingerprint density at radius 1 is 0.742 bits per heavy atom. The number of hydrogen-bond acceptors (Lipinski definition) is 1. The van der Waals surface area contributed by atoms with Gasteiger partial charge >= 0.3 is 0 Å². The van der Waals surface area contributed by atoms with Crippen molar-refractivity contribution in [2.75, 3.05) is 19.6 Å². The van der Waals surface area contributed by atoms with Gasteiger partial charge in [0, 0.05) is 6.42 Å². The third-order valence-electron chi connectivity index (χ3n) is 7.37. The molecular weight excluding hydrogens is 376 g/mol. The maximum atomic E-state index is 2.70. The zero-order valence-corrected chi connectivity index (χ0v) is 19.7. The minimum Gasteiger partial charge on any atom is -0.265 e. The summed E-state index contributed by atoms with van der Waals surface area (Å²) in [5.74, 6) is 2.03. The molecule has 0 aliphatic carbocycles. The molecule has 0 amide bonds. The van der Waals surface area contributed by atoms with Crippen molar-refractivity contribution in [3.63, 3.8) is 0 Å². The van der Waals surface area contributed by atoms with Crippen LogP contribution in [-0.2, 0) is 0 Å². The van der Waals surface area contributed by atoms with E-state index in [9.17, 15) is 0 Å². The lowest BCUT2D eigenvalue weighted by Crippen LogP contribution is -2.47. The van der Waals surface area contributed by atoms with E-state index in [1.807, 2.05) is 0 Å². The van der Waals surface area contributed by atoms with Crippen LogP contribution in [0, 0.1) is 5.92 Å². The number of nitrogens with zero attached hydrogens (tertiary/aromatic N) is 2. The molecule has 2 nitrogen and oxygen atoms in total. The maximum absolute atomic E-state index is 2.70. The van der Waals surface area contributed by atoms with Gasteiger partial charge in [0.05, 0.1) is 25.6 Å². The van der Waals surface area contributed by atoms with Crippen LogP contribution in [0.3, 0.4) is 0 Å². The Kier molecular flexibility index (Phi) is 6.75. The Morgan fingerprint density at radius 2 is 1.32 bits per heavy atom. The van der Waals surface area contributed by atoms with Crippen molar-refractivity contribution in [3.05, 3.63) is 83.1 Å². The van der Waals surface area contributed by atoms with Crippen LogP contribution >= 0.6 is 0 Å². The van der Waals surface area contributed by atoms with Crippen LogP contribution in [0.1, 0.15) is 64.5 Å². The Morgan fingerprint density at radius 3 is 1.97 bits per heavy atom.